The van der Waals surface area contributed by atoms with E-state index in [9.17, 15) is 19.5 Å². The zero-order valence-electron chi connectivity index (χ0n) is 17.2. The van der Waals surface area contributed by atoms with E-state index in [1.165, 1.54) is 19.4 Å². The third kappa shape index (κ3) is 4.86. The molecule has 0 aliphatic heterocycles. The molecule has 0 bridgehead atoms. The molecule has 0 aliphatic carbocycles. The Bertz CT molecular complexity index is 1170. The van der Waals surface area contributed by atoms with Crippen LogP contribution < -0.4 is 10.3 Å². The van der Waals surface area contributed by atoms with Crippen molar-refractivity contribution in [3.05, 3.63) is 87.3 Å². The number of pyridine rings is 1. The molecule has 0 saturated carbocycles. The lowest BCUT2D eigenvalue weighted by Gasteiger charge is -2.19. The first-order valence-electron chi connectivity index (χ1n) is 9.75. The number of carbonyl (C=O) groups excluding carboxylic acids is 1. The summed E-state index contributed by atoms with van der Waals surface area (Å²) in [7, 11) is 1.42. The lowest BCUT2D eigenvalue weighted by Crippen LogP contribution is -2.31. The molecule has 0 aliphatic rings. The van der Waals surface area contributed by atoms with Crippen molar-refractivity contribution in [2.24, 2.45) is 0 Å². The Hall–Kier alpha value is -3.38. The summed E-state index contributed by atoms with van der Waals surface area (Å²) in [4.78, 5) is 37.4. The van der Waals surface area contributed by atoms with Gasteiger partial charge in [-0.3, -0.25) is 14.2 Å². The van der Waals surface area contributed by atoms with Crippen molar-refractivity contribution in [2.75, 3.05) is 7.11 Å². The molecular formula is C24H22ClNO5. The van der Waals surface area contributed by atoms with Crippen LogP contribution in [0.15, 0.2) is 65.6 Å². The van der Waals surface area contributed by atoms with Crippen molar-refractivity contribution >= 4 is 23.4 Å². The molecule has 0 spiro atoms. The van der Waals surface area contributed by atoms with E-state index in [-0.39, 0.29) is 24.4 Å². The van der Waals surface area contributed by atoms with Crippen LogP contribution in [0.2, 0.25) is 5.02 Å². The Balaban J connectivity index is 2.15. The van der Waals surface area contributed by atoms with E-state index in [0.29, 0.717) is 21.7 Å². The Labute approximate surface area is 184 Å². The molecule has 3 aromatic rings. The summed E-state index contributed by atoms with van der Waals surface area (Å²) in [6.45, 7) is 1.75. The van der Waals surface area contributed by atoms with Crippen molar-refractivity contribution in [1.82, 2.24) is 4.57 Å². The summed E-state index contributed by atoms with van der Waals surface area (Å²) < 4.78 is 6.62. The first kappa shape index (κ1) is 22.3. The fourth-order valence-corrected chi connectivity index (χ4v) is 3.63. The molecule has 1 unspecified atom stereocenters. The summed E-state index contributed by atoms with van der Waals surface area (Å²) in [6.07, 6.45) is 1.79. The quantitative estimate of drug-likeness (QED) is 0.517. The first-order chi connectivity index (χ1) is 14.8. The predicted molar refractivity (Wildman–Crippen MR) is 119 cm³/mol. The number of hydrogen-bond donors (Lipinski definition) is 1. The first-order valence-corrected chi connectivity index (χ1v) is 10.1. The number of halogens is 1. The molecule has 31 heavy (non-hydrogen) atoms. The number of rotatable bonds is 8. The van der Waals surface area contributed by atoms with Gasteiger partial charge in [0.2, 0.25) is 0 Å². The Morgan fingerprint density at radius 3 is 2.42 bits per heavy atom. The minimum Gasteiger partial charge on any atom is -0.495 e. The average Bonchev–Trinajstić information content (AvgIpc) is 2.77. The van der Waals surface area contributed by atoms with Gasteiger partial charge in [0, 0.05) is 35.1 Å². The van der Waals surface area contributed by atoms with Crippen molar-refractivity contribution < 1.29 is 19.4 Å². The van der Waals surface area contributed by atoms with Gasteiger partial charge < -0.3 is 9.84 Å². The van der Waals surface area contributed by atoms with Crippen LogP contribution in [-0.4, -0.2) is 28.5 Å². The molecule has 1 heterocycles. The van der Waals surface area contributed by atoms with Gasteiger partial charge in [-0.1, -0.05) is 48.9 Å². The van der Waals surface area contributed by atoms with Crippen LogP contribution in [0, 0.1) is 0 Å². The van der Waals surface area contributed by atoms with Crippen LogP contribution in [0.3, 0.4) is 0 Å². The standard InChI is InChI=1S/C24H22ClNO5/c1-3-21(27)17-10-9-16(25)12-18(17)19-13-23(28)26(14-22(19)31-2)20(24(29)30)11-15-7-5-4-6-8-15/h4-10,12-14,20H,3,11H2,1-2H3,(H,29,30). The number of methoxy groups -OCH3 is 1. The number of Topliss-reactive ketones (excluding diaryl/α,β-unsaturated/α-hetero) is 1. The summed E-state index contributed by atoms with van der Waals surface area (Å²) in [5, 5.41) is 10.2. The maximum absolute atomic E-state index is 13.0. The molecule has 0 fully saturated rings. The van der Waals surface area contributed by atoms with E-state index in [4.69, 9.17) is 16.3 Å². The number of carbonyl (C=O) groups is 2. The van der Waals surface area contributed by atoms with Crippen LogP contribution >= 0.6 is 11.6 Å². The predicted octanol–water partition coefficient (Wildman–Crippen LogP) is 4.64. The molecule has 2 aromatic carbocycles. The van der Waals surface area contributed by atoms with E-state index < -0.39 is 17.6 Å². The molecule has 1 N–H and O–H groups in total. The summed E-state index contributed by atoms with van der Waals surface area (Å²) in [5.41, 5.74) is 1.54. The number of ether oxygens (including phenoxy) is 1. The maximum Gasteiger partial charge on any atom is 0.327 e. The molecule has 160 valence electrons. The highest BCUT2D eigenvalue weighted by molar-refractivity contribution is 6.31. The highest BCUT2D eigenvalue weighted by Gasteiger charge is 2.24. The highest BCUT2D eigenvalue weighted by Crippen LogP contribution is 2.34. The second-order valence-electron chi connectivity index (χ2n) is 7.01. The second-order valence-corrected chi connectivity index (χ2v) is 7.45. The van der Waals surface area contributed by atoms with Gasteiger partial charge in [0.15, 0.2) is 5.78 Å². The van der Waals surface area contributed by atoms with Crippen molar-refractivity contribution in [3.8, 4) is 16.9 Å². The SMILES string of the molecule is CCC(=O)c1ccc(Cl)cc1-c1cc(=O)n(C(Cc2ccccc2)C(=O)O)cc1OC. The lowest BCUT2D eigenvalue weighted by atomic mass is 9.96. The van der Waals surface area contributed by atoms with Crippen molar-refractivity contribution in [1.29, 1.82) is 0 Å². The molecule has 7 heteroatoms. The monoisotopic (exact) mass is 439 g/mol. The minimum atomic E-state index is -1.13. The maximum atomic E-state index is 13.0. The molecule has 6 nitrogen and oxygen atoms in total. The van der Waals surface area contributed by atoms with Gasteiger partial charge >= 0.3 is 5.97 Å². The zero-order valence-corrected chi connectivity index (χ0v) is 17.9. The number of hydrogen-bond acceptors (Lipinski definition) is 4. The minimum absolute atomic E-state index is 0.106. The molecule has 1 aromatic heterocycles. The molecular weight excluding hydrogens is 418 g/mol. The number of nitrogens with zero attached hydrogens (tertiary/aromatic N) is 1. The number of aliphatic carboxylic acids is 1. The lowest BCUT2D eigenvalue weighted by molar-refractivity contribution is -0.141. The van der Waals surface area contributed by atoms with Gasteiger partial charge in [-0.25, -0.2) is 4.79 Å². The van der Waals surface area contributed by atoms with Gasteiger partial charge in [0.1, 0.15) is 11.8 Å². The smallest absolute Gasteiger partial charge is 0.327 e. The van der Waals surface area contributed by atoms with Crippen LogP contribution in [0.4, 0.5) is 0 Å². The molecule has 3 rings (SSSR count). The number of ketones is 1. The summed E-state index contributed by atoms with van der Waals surface area (Å²) >= 11 is 6.15. The molecule has 0 saturated heterocycles. The van der Waals surface area contributed by atoms with E-state index >= 15 is 0 Å². The molecule has 0 radical (unpaired) electrons. The topological polar surface area (TPSA) is 85.6 Å². The van der Waals surface area contributed by atoms with Crippen LogP contribution in [0.25, 0.3) is 11.1 Å². The van der Waals surface area contributed by atoms with Gasteiger partial charge in [-0.2, -0.15) is 0 Å². The summed E-state index contributed by atoms with van der Waals surface area (Å²) in [5.74, 6) is -0.970. The Morgan fingerprint density at radius 2 is 1.81 bits per heavy atom. The number of benzene rings is 2. The normalized spacial score (nSPS) is 11.7. The number of carboxylic acids is 1. The number of carboxylic acid groups (broad SMARTS) is 1. The van der Waals surface area contributed by atoms with E-state index in [2.05, 4.69) is 0 Å². The zero-order chi connectivity index (χ0) is 22.5. The van der Waals surface area contributed by atoms with Gasteiger partial charge in [0.05, 0.1) is 13.3 Å². The van der Waals surface area contributed by atoms with E-state index in [0.717, 1.165) is 10.1 Å². The largest absolute Gasteiger partial charge is 0.495 e. The fourth-order valence-electron chi connectivity index (χ4n) is 3.46. The van der Waals surface area contributed by atoms with Gasteiger partial charge in [0.25, 0.3) is 5.56 Å². The highest BCUT2D eigenvalue weighted by atomic mass is 35.5. The van der Waals surface area contributed by atoms with E-state index in [1.54, 1.807) is 37.3 Å². The van der Waals surface area contributed by atoms with Crippen molar-refractivity contribution in [3.63, 3.8) is 0 Å². The fraction of sp³-hybridized carbons (Fsp3) is 0.208. The third-order valence-electron chi connectivity index (χ3n) is 5.05. The summed E-state index contributed by atoms with van der Waals surface area (Å²) in [6, 6.07) is 14.1. The second kappa shape index (κ2) is 9.62. The third-order valence-corrected chi connectivity index (χ3v) is 5.29. The Kier molecular flexibility index (Phi) is 6.92. The van der Waals surface area contributed by atoms with Gasteiger partial charge in [-0.05, 0) is 29.3 Å². The van der Waals surface area contributed by atoms with Crippen LogP contribution in [-0.2, 0) is 11.2 Å². The number of aromatic nitrogens is 1. The Morgan fingerprint density at radius 1 is 1.10 bits per heavy atom. The molecule has 1 atom stereocenters. The molecule has 0 amide bonds. The average molecular weight is 440 g/mol. The van der Waals surface area contributed by atoms with Crippen molar-refractivity contribution in [2.45, 2.75) is 25.8 Å². The van der Waals surface area contributed by atoms with Crippen LogP contribution in [0.5, 0.6) is 5.75 Å². The van der Waals surface area contributed by atoms with E-state index in [1.807, 2.05) is 18.2 Å². The van der Waals surface area contributed by atoms with Crippen LogP contribution in [0.1, 0.15) is 35.3 Å². The van der Waals surface area contributed by atoms with Gasteiger partial charge in [-0.15, -0.1) is 0 Å².